The highest BCUT2D eigenvalue weighted by Crippen LogP contribution is 2.34. The number of ether oxygens (including phenoxy) is 1. The largest absolute Gasteiger partial charge is 0.481 e. The first-order chi connectivity index (χ1) is 15.4. The van der Waals surface area contributed by atoms with Crippen molar-refractivity contribution in [3.8, 4) is 17.0 Å². The number of carbonyl (C=O) groups is 1. The summed E-state index contributed by atoms with van der Waals surface area (Å²) in [4.78, 5) is 38.3. The maximum Gasteiger partial charge on any atom is 0.271 e. The molecule has 170 valence electrons. The third-order valence-electron chi connectivity index (χ3n) is 5.97. The quantitative estimate of drug-likeness (QED) is 0.605. The third kappa shape index (κ3) is 5.19. The monoisotopic (exact) mass is 437 g/mol. The zero-order chi connectivity index (χ0) is 22.7. The summed E-state index contributed by atoms with van der Waals surface area (Å²) in [6.45, 7) is 2.84. The molecule has 2 aliphatic rings. The van der Waals surface area contributed by atoms with E-state index in [0.29, 0.717) is 30.6 Å². The van der Waals surface area contributed by atoms with Crippen molar-refractivity contribution in [2.75, 3.05) is 52.3 Å². The first kappa shape index (κ1) is 22.1. The molecule has 8 heteroatoms. The number of rotatable bonds is 9. The van der Waals surface area contributed by atoms with Gasteiger partial charge in [-0.2, -0.15) is 0 Å². The van der Waals surface area contributed by atoms with Crippen LogP contribution < -0.4 is 15.2 Å². The molecular weight excluding hydrogens is 406 g/mol. The number of likely N-dealkylation sites (N-methyl/N-ethyl adjacent to an activating group) is 1. The van der Waals surface area contributed by atoms with E-state index in [0.717, 1.165) is 24.2 Å². The molecule has 1 saturated carbocycles. The van der Waals surface area contributed by atoms with Gasteiger partial charge in [-0.05, 0) is 50.6 Å². The van der Waals surface area contributed by atoms with Crippen LogP contribution in [-0.4, -0.2) is 79.1 Å². The van der Waals surface area contributed by atoms with Gasteiger partial charge in [0.2, 0.25) is 11.8 Å². The third-order valence-corrected chi connectivity index (χ3v) is 5.97. The van der Waals surface area contributed by atoms with Crippen molar-refractivity contribution >= 4 is 11.6 Å². The number of H-pyrrole nitrogens is 1. The van der Waals surface area contributed by atoms with Crippen molar-refractivity contribution in [3.05, 3.63) is 53.1 Å². The summed E-state index contributed by atoms with van der Waals surface area (Å²) in [6, 6.07) is 5.84. The topological polar surface area (TPSA) is 81.8 Å². The van der Waals surface area contributed by atoms with E-state index >= 15 is 0 Å². The molecule has 0 atom stereocenters. The zero-order valence-electron chi connectivity index (χ0n) is 19.0. The van der Waals surface area contributed by atoms with Crippen LogP contribution in [0.15, 0.2) is 47.5 Å². The van der Waals surface area contributed by atoms with Crippen LogP contribution in [0, 0.1) is 5.92 Å². The zero-order valence-corrected chi connectivity index (χ0v) is 19.0. The van der Waals surface area contributed by atoms with E-state index < -0.39 is 0 Å². The molecule has 1 saturated heterocycles. The summed E-state index contributed by atoms with van der Waals surface area (Å²) in [5.41, 5.74) is 2.38. The Morgan fingerprint density at radius 1 is 1.28 bits per heavy atom. The van der Waals surface area contributed by atoms with Crippen molar-refractivity contribution in [1.82, 2.24) is 19.8 Å². The minimum absolute atomic E-state index is 0.0287. The van der Waals surface area contributed by atoms with Crippen LogP contribution in [0.25, 0.3) is 11.1 Å². The second-order valence-corrected chi connectivity index (χ2v) is 8.85. The predicted octanol–water partition coefficient (Wildman–Crippen LogP) is 1.99. The fraction of sp³-hybridized carbons (Fsp3) is 0.458. The number of likely N-dealkylation sites (tertiary alicyclic amines) is 1. The maximum absolute atomic E-state index is 12.8. The van der Waals surface area contributed by atoms with Crippen LogP contribution in [-0.2, 0) is 4.79 Å². The van der Waals surface area contributed by atoms with E-state index in [-0.39, 0.29) is 17.5 Å². The summed E-state index contributed by atoms with van der Waals surface area (Å²) in [6.07, 6.45) is 9.33. The standard InChI is InChI=1S/C24H31N5O3/c1-27(2)10-4-5-23(30)28-15-20(16-28)29(14-17-6-7-17)21-11-19(13-26-24(21)31)18-8-9-25-22(12-18)32-3/h4-5,8-9,11-13,17,20H,6-7,10,14-16H2,1-3H3,(H,26,31). The van der Waals surface area contributed by atoms with Gasteiger partial charge in [0.25, 0.3) is 5.56 Å². The molecule has 0 aromatic carbocycles. The molecule has 32 heavy (non-hydrogen) atoms. The number of amides is 1. The maximum atomic E-state index is 12.8. The molecule has 0 unspecified atom stereocenters. The minimum Gasteiger partial charge on any atom is -0.481 e. The summed E-state index contributed by atoms with van der Waals surface area (Å²) in [5, 5.41) is 0. The van der Waals surface area contributed by atoms with Crippen LogP contribution in [0.3, 0.4) is 0 Å². The molecule has 8 nitrogen and oxygen atoms in total. The normalized spacial score (nSPS) is 16.4. The molecule has 1 N–H and O–H groups in total. The second-order valence-electron chi connectivity index (χ2n) is 8.85. The first-order valence-electron chi connectivity index (χ1n) is 11.0. The van der Waals surface area contributed by atoms with Crippen molar-refractivity contribution in [1.29, 1.82) is 0 Å². The van der Waals surface area contributed by atoms with Crippen molar-refractivity contribution in [2.45, 2.75) is 18.9 Å². The molecule has 0 spiro atoms. The average molecular weight is 438 g/mol. The van der Waals surface area contributed by atoms with Crippen LogP contribution >= 0.6 is 0 Å². The number of aromatic nitrogens is 2. The van der Waals surface area contributed by atoms with Gasteiger partial charge < -0.3 is 24.4 Å². The van der Waals surface area contributed by atoms with Crippen molar-refractivity contribution in [3.63, 3.8) is 0 Å². The van der Waals surface area contributed by atoms with E-state index in [1.807, 2.05) is 48.2 Å². The Labute approximate surface area is 188 Å². The number of methoxy groups -OCH3 is 1. The van der Waals surface area contributed by atoms with Gasteiger partial charge in [0.05, 0.1) is 13.2 Å². The number of nitrogens with zero attached hydrogens (tertiary/aromatic N) is 4. The Morgan fingerprint density at radius 2 is 2.06 bits per heavy atom. The predicted molar refractivity (Wildman–Crippen MR) is 125 cm³/mol. The fourth-order valence-electron chi connectivity index (χ4n) is 3.88. The molecular formula is C24H31N5O3. The molecule has 0 bridgehead atoms. The number of carbonyl (C=O) groups excluding carboxylic acids is 1. The summed E-state index contributed by atoms with van der Waals surface area (Å²) in [5.74, 6) is 1.17. The van der Waals surface area contributed by atoms with E-state index in [4.69, 9.17) is 4.74 Å². The highest BCUT2D eigenvalue weighted by molar-refractivity contribution is 5.88. The van der Waals surface area contributed by atoms with Crippen LogP contribution in [0.5, 0.6) is 5.88 Å². The van der Waals surface area contributed by atoms with Crippen LogP contribution in [0.2, 0.25) is 0 Å². The number of anilines is 1. The fourth-order valence-corrected chi connectivity index (χ4v) is 3.88. The summed E-state index contributed by atoms with van der Waals surface area (Å²) >= 11 is 0. The molecule has 3 heterocycles. The van der Waals surface area contributed by atoms with Gasteiger partial charge in [-0.1, -0.05) is 6.08 Å². The van der Waals surface area contributed by atoms with Gasteiger partial charge in [-0.25, -0.2) is 4.98 Å². The smallest absolute Gasteiger partial charge is 0.271 e. The highest BCUT2D eigenvalue weighted by Gasteiger charge is 2.37. The van der Waals surface area contributed by atoms with Gasteiger partial charge in [0.1, 0.15) is 5.69 Å². The van der Waals surface area contributed by atoms with Crippen molar-refractivity contribution < 1.29 is 9.53 Å². The number of hydrogen-bond acceptors (Lipinski definition) is 6. The molecule has 2 fully saturated rings. The molecule has 2 aromatic rings. The molecule has 1 amide bonds. The minimum atomic E-state index is -0.105. The Morgan fingerprint density at radius 3 is 2.75 bits per heavy atom. The number of pyridine rings is 2. The highest BCUT2D eigenvalue weighted by atomic mass is 16.5. The second kappa shape index (κ2) is 9.56. The van der Waals surface area contributed by atoms with E-state index in [2.05, 4.69) is 14.9 Å². The van der Waals surface area contributed by atoms with E-state index in [1.165, 1.54) is 12.8 Å². The van der Waals surface area contributed by atoms with Gasteiger partial charge in [0, 0.05) is 56.3 Å². The summed E-state index contributed by atoms with van der Waals surface area (Å²) < 4.78 is 5.24. The first-order valence-corrected chi connectivity index (χ1v) is 11.0. The molecule has 1 aliphatic heterocycles. The number of nitrogens with one attached hydrogen (secondary N) is 1. The van der Waals surface area contributed by atoms with Crippen LogP contribution in [0.4, 0.5) is 5.69 Å². The molecule has 2 aromatic heterocycles. The molecule has 1 aliphatic carbocycles. The molecule has 0 radical (unpaired) electrons. The Kier molecular flexibility index (Phi) is 6.60. The van der Waals surface area contributed by atoms with Gasteiger partial charge in [0.15, 0.2) is 0 Å². The SMILES string of the molecule is COc1cc(-c2c[nH]c(=O)c(N(CC3CC3)C3CN(C(=O)C=CCN(C)C)C3)c2)ccn1. The average Bonchev–Trinajstić information content (AvgIpc) is 3.56. The summed E-state index contributed by atoms with van der Waals surface area (Å²) in [7, 11) is 5.52. The Bertz CT molecular complexity index is 1040. The van der Waals surface area contributed by atoms with Crippen molar-refractivity contribution in [2.24, 2.45) is 5.92 Å². The van der Waals surface area contributed by atoms with Gasteiger partial charge >= 0.3 is 0 Å². The number of aromatic amines is 1. The Balaban J connectivity index is 1.52. The van der Waals surface area contributed by atoms with E-state index in [9.17, 15) is 9.59 Å². The lowest BCUT2D eigenvalue weighted by Gasteiger charge is -2.46. The van der Waals surface area contributed by atoms with E-state index in [1.54, 1.807) is 25.6 Å². The molecule has 4 rings (SSSR count). The lowest BCUT2D eigenvalue weighted by Crippen LogP contribution is -2.62. The number of hydrogen-bond donors (Lipinski definition) is 1. The van der Waals surface area contributed by atoms with Gasteiger partial charge in [-0.3, -0.25) is 9.59 Å². The van der Waals surface area contributed by atoms with Gasteiger partial charge in [-0.15, -0.1) is 0 Å². The lowest BCUT2D eigenvalue weighted by atomic mass is 10.0. The Hall–Kier alpha value is -3.13. The lowest BCUT2D eigenvalue weighted by molar-refractivity contribution is -0.130. The van der Waals surface area contributed by atoms with Crippen LogP contribution in [0.1, 0.15) is 12.8 Å².